The minimum atomic E-state index is -0.645. The van der Waals surface area contributed by atoms with E-state index in [1.165, 1.54) is 0 Å². The molecule has 21 heavy (non-hydrogen) atoms. The number of halogens is 1. The summed E-state index contributed by atoms with van der Waals surface area (Å²) >= 11 is 5.81. The first-order valence-corrected chi connectivity index (χ1v) is 9.03. The summed E-state index contributed by atoms with van der Waals surface area (Å²) in [6, 6.07) is 7.51. The predicted octanol–water partition coefficient (Wildman–Crippen LogP) is 1.92. The Morgan fingerprint density at radius 1 is 1.38 bits per heavy atom. The number of hydrogen-bond acceptors (Lipinski definition) is 4. The van der Waals surface area contributed by atoms with Crippen molar-refractivity contribution in [2.75, 3.05) is 31.7 Å². The summed E-state index contributed by atoms with van der Waals surface area (Å²) in [5.74, 6) is 2.24. The first kappa shape index (κ1) is 16.7. The maximum absolute atomic E-state index is 11.4. The van der Waals surface area contributed by atoms with Crippen LogP contribution in [0.2, 0.25) is 5.02 Å². The molecule has 1 atom stereocenters. The smallest absolute Gasteiger partial charge is 0.119 e. The molecule has 118 valence electrons. The Kier molecular flexibility index (Phi) is 6.48. The molecule has 6 heteroatoms. The van der Waals surface area contributed by atoms with E-state index in [1.54, 1.807) is 24.3 Å². The molecular weight excluding hydrogens is 310 g/mol. The molecule has 0 amide bonds. The van der Waals surface area contributed by atoms with Crippen molar-refractivity contribution in [2.45, 2.75) is 25.0 Å². The minimum Gasteiger partial charge on any atom is -0.491 e. The molecule has 0 aliphatic carbocycles. The van der Waals surface area contributed by atoms with Gasteiger partial charge in [-0.25, -0.2) is 0 Å². The maximum Gasteiger partial charge on any atom is 0.119 e. The number of benzene rings is 1. The van der Waals surface area contributed by atoms with Crippen LogP contribution in [0.5, 0.6) is 5.75 Å². The van der Waals surface area contributed by atoms with Crippen molar-refractivity contribution in [1.29, 1.82) is 0 Å². The number of aliphatic hydroxyl groups excluding tert-OH is 1. The predicted molar refractivity (Wildman–Crippen MR) is 86.5 cm³/mol. The molecule has 1 aromatic carbocycles. The largest absolute Gasteiger partial charge is 0.491 e. The topological polar surface area (TPSA) is 49.8 Å². The van der Waals surface area contributed by atoms with Crippen molar-refractivity contribution < 1.29 is 14.1 Å². The van der Waals surface area contributed by atoms with Crippen molar-refractivity contribution in [3.63, 3.8) is 0 Å². The Morgan fingerprint density at radius 3 is 2.62 bits per heavy atom. The van der Waals surface area contributed by atoms with Gasteiger partial charge in [-0.05, 0) is 44.2 Å². The van der Waals surface area contributed by atoms with Crippen LogP contribution >= 0.6 is 11.6 Å². The lowest BCUT2D eigenvalue weighted by atomic mass is 10.1. The standard InChI is InChI=1S/C15H22ClNO3S/c1-17(13-6-8-21(19)9-7-13)10-14(18)11-20-15-4-2-12(16)3-5-15/h2-5,13-14,18H,6-11H2,1H3. The van der Waals surface area contributed by atoms with Gasteiger partial charge in [0.05, 0.1) is 0 Å². The first-order chi connectivity index (χ1) is 10.0. The van der Waals surface area contributed by atoms with E-state index >= 15 is 0 Å². The first-order valence-electron chi connectivity index (χ1n) is 7.16. The number of aliphatic hydroxyl groups is 1. The average Bonchev–Trinajstić information content (AvgIpc) is 2.47. The summed E-state index contributed by atoms with van der Waals surface area (Å²) in [5.41, 5.74) is 0. The van der Waals surface area contributed by atoms with Crippen molar-refractivity contribution in [3.05, 3.63) is 29.3 Å². The summed E-state index contributed by atoms with van der Waals surface area (Å²) in [6.45, 7) is 0.815. The van der Waals surface area contributed by atoms with Crippen molar-refractivity contribution >= 4 is 22.4 Å². The van der Waals surface area contributed by atoms with Crippen LogP contribution in [-0.2, 0) is 10.8 Å². The van der Waals surface area contributed by atoms with Crippen LogP contribution in [0.4, 0.5) is 0 Å². The van der Waals surface area contributed by atoms with Gasteiger partial charge in [-0.2, -0.15) is 0 Å². The molecule has 1 N–H and O–H groups in total. The second-order valence-electron chi connectivity index (χ2n) is 5.44. The maximum atomic E-state index is 11.4. The Morgan fingerprint density at radius 2 is 2.00 bits per heavy atom. The molecule has 4 nitrogen and oxygen atoms in total. The Balaban J connectivity index is 1.72. The van der Waals surface area contributed by atoms with Crippen LogP contribution in [0.15, 0.2) is 24.3 Å². The van der Waals surface area contributed by atoms with Gasteiger partial charge in [0.1, 0.15) is 18.5 Å². The van der Waals surface area contributed by atoms with Gasteiger partial charge >= 0.3 is 0 Å². The summed E-state index contributed by atoms with van der Waals surface area (Å²) in [5, 5.41) is 10.7. The highest BCUT2D eigenvalue weighted by Gasteiger charge is 2.23. The third-order valence-corrected chi connectivity index (χ3v) is 5.37. The summed E-state index contributed by atoms with van der Waals surface area (Å²) in [7, 11) is 1.36. The normalized spacial score (nSPS) is 24.0. The lowest BCUT2D eigenvalue weighted by molar-refractivity contribution is 0.0614. The van der Waals surface area contributed by atoms with Crippen LogP contribution < -0.4 is 4.74 Å². The molecule has 1 aliphatic heterocycles. The molecule has 0 aromatic heterocycles. The lowest BCUT2D eigenvalue weighted by Gasteiger charge is -2.32. The van der Waals surface area contributed by atoms with E-state index in [-0.39, 0.29) is 6.61 Å². The third kappa shape index (κ3) is 5.58. The third-order valence-electron chi connectivity index (χ3n) is 3.74. The summed E-state index contributed by atoms with van der Waals surface area (Å²) < 4.78 is 16.9. The molecule has 0 spiro atoms. The lowest BCUT2D eigenvalue weighted by Crippen LogP contribution is -2.42. The van der Waals surface area contributed by atoms with Gasteiger partial charge in [0.25, 0.3) is 0 Å². The number of hydrogen-bond donors (Lipinski definition) is 1. The number of nitrogens with zero attached hydrogens (tertiary/aromatic N) is 1. The fourth-order valence-corrected chi connectivity index (χ4v) is 3.88. The van der Waals surface area contributed by atoms with E-state index in [9.17, 15) is 9.32 Å². The second kappa shape index (κ2) is 8.13. The zero-order valence-corrected chi connectivity index (χ0v) is 13.8. The number of rotatable bonds is 6. The highest BCUT2D eigenvalue weighted by Crippen LogP contribution is 2.17. The number of ether oxygens (including phenoxy) is 1. The van der Waals surface area contributed by atoms with Gasteiger partial charge in [-0.15, -0.1) is 0 Å². The van der Waals surface area contributed by atoms with Gasteiger partial charge in [-0.3, -0.25) is 4.21 Å². The minimum absolute atomic E-state index is 0.255. The van der Waals surface area contributed by atoms with E-state index in [2.05, 4.69) is 4.90 Å². The van der Waals surface area contributed by atoms with E-state index < -0.39 is 16.9 Å². The SMILES string of the molecule is CN(CC(O)COc1ccc(Cl)cc1)C1CCS(=O)CC1. The van der Waals surface area contributed by atoms with E-state index in [4.69, 9.17) is 16.3 Å². The summed E-state index contributed by atoms with van der Waals surface area (Å²) in [6.07, 6.45) is 1.33. The van der Waals surface area contributed by atoms with E-state index in [0.29, 0.717) is 23.4 Å². The highest BCUT2D eigenvalue weighted by atomic mass is 35.5. The molecule has 1 unspecified atom stereocenters. The van der Waals surface area contributed by atoms with E-state index in [1.807, 2.05) is 7.05 Å². The van der Waals surface area contributed by atoms with Gasteiger partial charge < -0.3 is 14.7 Å². The van der Waals surface area contributed by atoms with Crippen LogP contribution in [0.25, 0.3) is 0 Å². The highest BCUT2D eigenvalue weighted by molar-refractivity contribution is 7.85. The Labute approximate surface area is 133 Å². The van der Waals surface area contributed by atoms with Crippen LogP contribution in [-0.4, -0.2) is 58.1 Å². The molecule has 0 saturated carbocycles. The van der Waals surface area contributed by atoms with E-state index in [0.717, 1.165) is 24.3 Å². The fourth-order valence-electron chi connectivity index (χ4n) is 2.48. The zero-order chi connectivity index (χ0) is 15.2. The van der Waals surface area contributed by atoms with Crippen molar-refractivity contribution in [1.82, 2.24) is 4.90 Å². The molecule has 1 saturated heterocycles. The van der Waals surface area contributed by atoms with Gasteiger partial charge in [0.2, 0.25) is 0 Å². The molecule has 1 aromatic rings. The molecule has 0 bridgehead atoms. The monoisotopic (exact) mass is 331 g/mol. The molecule has 1 fully saturated rings. The van der Waals surface area contributed by atoms with Crippen LogP contribution in [0.1, 0.15) is 12.8 Å². The zero-order valence-electron chi connectivity index (χ0n) is 12.2. The summed E-state index contributed by atoms with van der Waals surface area (Å²) in [4.78, 5) is 2.15. The molecule has 1 heterocycles. The van der Waals surface area contributed by atoms with Crippen molar-refractivity contribution in [2.24, 2.45) is 0 Å². The Bertz CT molecular complexity index is 458. The molecule has 1 aliphatic rings. The molecule has 0 radical (unpaired) electrons. The quantitative estimate of drug-likeness (QED) is 0.865. The van der Waals surface area contributed by atoms with Crippen molar-refractivity contribution in [3.8, 4) is 5.75 Å². The molecular formula is C15H22ClNO3S. The van der Waals surface area contributed by atoms with Gasteiger partial charge in [0.15, 0.2) is 0 Å². The van der Waals surface area contributed by atoms with Crippen LogP contribution in [0, 0.1) is 0 Å². The fraction of sp³-hybridized carbons (Fsp3) is 0.600. The van der Waals surface area contributed by atoms with Crippen LogP contribution in [0.3, 0.4) is 0 Å². The second-order valence-corrected chi connectivity index (χ2v) is 7.57. The van der Waals surface area contributed by atoms with Gasteiger partial charge in [0, 0.05) is 39.9 Å². The average molecular weight is 332 g/mol. The Hall–Kier alpha value is -0.620. The molecule has 2 rings (SSSR count). The van der Waals surface area contributed by atoms with Gasteiger partial charge in [-0.1, -0.05) is 11.6 Å². The number of likely N-dealkylation sites (N-methyl/N-ethyl adjacent to an activating group) is 1.